The van der Waals surface area contributed by atoms with E-state index in [1.54, 1.807) is 6.92 Å². The van der Waals surface area contributed by atoms with Gasteiger partial charge >= 0.3 is 12.1 Å². The fraction of sp³-hybridized carbons (Fsp3) is 0.417. The standard InChI is InChI=1S/C12H12F3N3O2/c1-6-4-7-8(16-5-6)18(11(2,3)10(19)20)9(17-7)12(13,14)15/h4-5H,1-3H3,(H,19,20). The second-order valence-electron chi connectivity index (χ2n) is 4.99. The molecule has 0 spiro atoms. The summed E-state index contributed by atoms with van der Waals surface area (Å²) in [5.41, 5.74) is -1.26. The molecule has 2 aromatic rings. The van der Waals surface area contributed by atoms with Gasteiger partial charge in [0.05, 0.1) is 0 Å². The molecule has 0 bridgehead atoms. The molecule has 0 aromatic carbocycles. The van der Waals surface area contributed by atoms with Crippen molar-refractivity contribution in [2.24, 2.45) is 0 Å². The highest BCUT2D eigenvalue weighted by atomic mass is 19.4. The van der Waals surface area contributed by atoms with Gasteiger partial charge in [-0.2, -0.15) is 13.2 Å². The Bertz CT molecular complexity index is 689. The second-order valence-corrected chi connectivity index (χ2v) is 4.99. The summed E-state index contributed by atoms with van der Waals surface area (Å²) in [4.78, 5) is 18.7. The quantitative estimate of drug-likeness (QED) is 0.921. The van der Waals surface area contributed by atoms with Crippen molar-refractivity contribution in [3.05, 3.63) is 23.7 Å². The molecule has 20 heavy (non-hydrogen) atoms. The first kappa shape index (κ1) is 14.3. The molecule has 0 aliphatic carbocycles. The van der Waals surface area contributed by atoms with E-state index in [2.05, 4.69) is 9.97 Å². The third-order valence-electron chi connectivity index (χ3n) is 2.97. The number of carboxylic acids is 1. The lowest BCUT2D eigenvalue weighted by Crippen LogP contribution is -2.38. The van der Waals surface area contributed by atoms with Gasteiger partial charge in [0.2, 0.25) is 5.82 Å². The summed E-state index contributed by atoms with van der Waals surface area (Å²) in [6.07, 6.45) is -3.39. The van der Waals surface area contributed by atoms with Crippen LogP contribution in [0.15, 0.2) is 12.3 Å². The summed E-state index contributed by atoms with van der Waals surface area (Å²) in [7, 11) is 0. The van der Waals surface area contributed by atoms with Crippen LogP contribution >= 0.6 is 0 Å². The zero-order valence-electron chi connectivity index (χ0n) is 11.0. The van der Waals surface area contributed by atoms with E-state index in [1.807, 2.05) is 0 Å². The molecule has 0 aliphatic rings. The van der Waals surface area contributed by atoms with Crippen LogP contribution in [-0.4, -0.2) is 25.6 Å². The minimum atomic E-state index is -4.76. The summed E-state index contributed by atoms with van der Waals surface area (Å²) < 4.78 is 39.8. The number of fused-ring (bicyclic) bond motifs is 1. The molecule has 0 atom stereocenters. The number of carbonyl (C=O) groups is 1. The molecule has 0 aliphatic heterocycles. The van der Waals surface area contributed by atoms with E-state index in [9.17, 15) is 23.1 Å². The molecule has 5 nitrogen and oxygen atoms in total. The van der Waals surface area contributed by atoms with Gasteiger partial charge in [-0.15, -0.1) is 0 Å². The molecule has 0 radical (unpaired) electrons. The zero-order valence-corrected chi connectivity index (χ0v) is 11.0. The van der Waals surface area contributed by atoms with Gasteiger partial charge in [-0.25, -0.2) is 14.8 Å². The Balaban J connectivity index is 2.89. The zero-order chi connectivity index (χ0) is 15.3. The Hall–Kier alpha value is -2.12. The maximum absolute atomic E-state index is 13.1. The normalized spacial score (nSPS) is 12.9. The first-order chi connectivity index (χ1) is 9.05. The number of hydrogen-bond donors (Lipinski definition) is 1. The van der Waals surface area contributed by atoms with Crippen molar-refractivity contribution in [3.8, 4) is 0 Å². The highest BCUT2D eigenvalue weighted by molar-refractivity contribution is 5.80. The molecule has 2 heterocycles. The van der Waals surface area contributed by atoms with Crippen molar-refractivity contribution < 1.29 is 23.1 Å². The molecule has 8 heteroatoms. The van der Waals surface area contributed by atoms with Gasteiger partial charge in [-0.1, -0.05) is 0 Å². The number of rotatable bonds is 2. The number of aryl methyl sites for hydroxylation is 1. The summed E-state index contributed by atoms with van der Waals surface area (Å²) in [6, 6.07) is 1.44. The van der Waals surface area contributed by atoms with Crippen molar-refractivity contribution >= 4 is 17.1 Å². The number of carboxylic acid groups (broad SMARTS) is 1. The van der Waals surface area contributed by atoms with E-state index < -0.39 is 23.5 Å². The Morgan fingerprint density at radius 3 is 2.45 bits per heavy atom. The van der Waals surface area contributed by atoms with Gasteiger partial charge in [0.15, 0.2) is 5.65 Å². The van der Waals surface area contributed by atoms with E-state index >= 15 is 0 Å². The first-order valence-electron chi connectivity index (χ1n) is 5.71. The van der Waals surface area contributed by atoms with Crippen molar-refractivity contribution in [2.75, 3.05) is 0 Å². The number of hydrogen-bond acceptors (Lipinski definition) is 3. The fourth-order valence-corrected chi connectivity index (χ4v) is 1.88. The van der Waals surface area contributed by atoms with Crippen molar-refractivity contribution in [2.45, 2.75) is 32.5 Å². The average molecular weight is 287 g/mol. The Labute approximate surface area is 112 Å². The van der Waals surface area contributed by atoms with Crippen LogP contribution in [0.3, 0.4) is 0 Å². The smallest absolute Gasteiger partial charge is 0.449 e. The molecular weight excluding hydrogens is 275 g/mol. The lowest BCUT2D eigenvalue weighted by atomic mass is 10.1. The lowest BCUT2D eigenvalue weighted by Gasteiger charge is -2.24. The molecule has 0 unspecified atom stereocenters. The molecule has 108 valence electrons. The summed E-state index contributed by atoms with van der Waals surface area (Å²) in [5, 5.41) is 9.17. The van der Waals surface area contributed by atoms with E-state index in [1.165, 1.54) is 26.1 Å². The molecule has 0 saturated heterocycles. The predicted molar refractivity (Wildman–Crippen MR) is 64.2 cm³/mol. The van der Waals surface area contributed by atoms with E-state index in [0.29, 0.717) is 10.1 Å². The van der Waals surface area contributed by atoms with Crippen LogP contribution in [0.4, 0.5) is 13.2 Å². The Morgan fingerprint density at radius 1 is 1.35 bits per heavy atom. The number of imidazole rings is 1. The molecular formula is C12H12F3N3O2. The van der Waals surface area contributed by atoms with Crippen LogP contribution in [0.5, 0.6) is 0 Å². The number of pyridine rings is 1. The molecule has 1 N–H and O–H groups in total. The van der Waals surface area contributed by atoms with Crippen molar-refractivity contribution in [1.82, 2.24) is 14.5 Å². The maximum Gasteiger partial charge on any atom is 0.449 e. The highest BCUT2D eigenvalue weighted by Gasteiger charge is 2.44. The highest BCUT2D eigenvalue weighted by Crippen LogP contribution is 2.35. The maximum atomic E-state index is 13.1. The van der Waals surface area contributed by atoms with Crippen LogP contribution in [-0.2, 0) is 16.5 Å². The molecule has 0 amide bonds. The lowest BCUT2D eigenvalue weighted by molar-refractivity contribution is -0.155. The minimum absolute atomic E-state index is 0.0200. The Kier molecular flexibility index (Phi) is 2.99. The predicted octanol–water partition coefficient (Wildman–Crippen LogP) is 2.58. The topological polar surface area (TPSA) is 68.0 Å². The summed E-state index contributed by atoms with van der Waals surface area (Å²) >= 11 is 0. The van der Waals surface area contributed by atoms with Gasteiger partial charge in [0.1, 0.15) is 11.1 Å². The molecule has 2 aromatic heterocycles. The molecule has 0 fully saturated rings. The van der Waals surface area contributed by atoms with Crippen LogP contribution in [0.1, 0.15) is 25.2 Å². The number of alkyl halides is 3. The van der Waals surface area contributed by atoms with Gasteiger partial charge in [-0.05, 0) is 32.4 Å². The fourth-order valence-electron chi connectivity index (χ4n) is 1.88. The van der Waals surface area contributed by atoms with E-state index in [0.717, 1.165) is 0 Å². The van der Waals surface area contributed by atoms with Crippen LogP contribution in [0.2, 0.25) is 0 Å². The van der Waals surface area contributed by atoms with Crippen LogP contribution in [0.25, 0.3) is 11.2 Å². The average Bonchev–Trinajstić information content (AvgIpc) is 2.67. The van der Waals surface area contributed by atoms with Gasteiger partial charge < -0.3 is 5.11 Å². The minimum Gasteiger partial charge on any atom is -0.480 e. The monoisotopic (exact) mass is 287 g/mol. The summed E-state index contributed by atoms with van der Waals surface area (Å²) in [5.74, 6) is -2.66. The van der Waals surface area contributed by atoms with Crippen LogP contribution < -0.4 is 0 Å². The Morgan fingerprint density at radius 2 is 1.95 bits per heavy atom. The second kappa shape index (κ2) is 4.19. The number of nitrogens with zero attached hydrogens (tertiary/aromatic N) is 3. The number of aromatic nitrogens is 3. The SMILES string of the molecule is Cc1cnc2c(c1)nc(C(F)(F)F)n2C(C)(C)C(=O)O. The number of aliphatic carboxylic acids is 1. The van der Waals surface area contributed by atoms with Gasteiger partial charge in [0.25, 0.3) is 0 Å². The third-order valence-corrected chi connectivity index (χ3v) is 2.97. The van der Waals surface area contributed by atoms with Gasteiger partial charge in [-0.3, -0.25) is 4.57 Å². The van der Waals surface area contributed by atoms with E-state index in [4.69, 9.17) is 0 Å². The number of halogens is 3. The molecule has 0 saturated carbocycles. The molecule has 2 rings (SSSR count). The first-order valence-corrected chi connectivity index (χ1v) is 5.71. The van der Waals surface area contributed by atoms with Crippen molar-refractivity contribution in [3.63, 3.8) is 0 Å². The van der Waals surface area contributed by atoms with E-state index in [-0.39, 0.29) is 11.2 Å². The van der Waals surface area contributed by atoms with Crippen molar-refractivity contribution in [1.29, 1.82) is 0 Å². The summed E-state index contributed by atoms with van der Waals surface area (Å²) in [6.45, 7) is 4.02. The van der Waals surface area contributed by atoms with Crippen LogP contribution in [0, 0.1) is 6.92 Å². The van der Waals surface area contributed by atoms with Gasteiger partial charge in [0, 0.05) is 6.20 Å². The third kappa shape index (κ3) is 2.10. The largest absolute Gasteiger partial charge is 0.480 e.